The highest BCUT2D eigenvalue weighted by Gasteiger charge is 2.57. The molecule has 1 spiro atoms. The van der Waals surface area contributed by atoms with E-state index in [2.05, 4.69) is 115 Å². The molecule has 6 aromatic carbocycles. The molecule has 256 valence electrons. The second kappa shape index (κ2) is 12.2. The zero-order valence-corrected chi connectivity index (χ0v) is 29.8. The summed E-state index contributed by atoms with van der Waals surface area (Å²) in [4.78, 5) is 15.3. The minimum absolute atomic E-state index is 0.0970. The van der Waals surface area contributed by atoms with Gasteiger partial charge in [-0.25, -0.2) is 15.0 Å². The van der Waals surface area contributed by atoms with Crippen molar-refractivity contribution < 1.29 is 0 Å². The van der Waals surface area contributed by atoms with E-state index in [4.69, 9.17) is 15.0 Å². The Labute approximate surface area is 311 Å². The van der Waals surface area contributed by atoms with E-state index in [0.29, 0.717) is 17.5 Å². The van der Waals surface area contributed by atoms with Crippen LogP contribution in [0.1, 0.15) is 49.7 Å². The molecular weight excluding hydrogens is 643 g/mol. The van der Waals surface area contributed by atoms with E-state index in [-0.39, 0.29) is 5.41 Å². The van der Waals surface area contributed by atoms with E-state index < -0.39 is 0 Å². The van der Waals surface area contributed by atoms with Crippen LogP contribution in [-0.4, -0.2) is 15.0 Å². The van der Waals surface area contributed by atoms with Gasteiger partial charge < -0.3 is 0 Å². The van der Waals surface area contributed by atoms with Crippen LogP contribution in [0.2, 0.25) is 0 Å². The highest BCUT2D eigenvalue weighted by molar-refractivity contribution is 5.86. The lowest BCUT2D eigenvalue weighted by Gasteiger charge is -2.40. The molecular formula is C50H41N3. The molecule has 1 heterocycles. The van der Waals surface area contributed by atoms with Crippen molar-refractivity contribution >= 4 is 0 Å². The van der Waals surface area contributed by atoms with Crippen LogP contribution in [0.4, 0.5) is 0 Å². The van der Waals surface area contributed by atoms with Gasteiger partial charge in [0.2, 0.25) is 0 Å². The summed E-state index contributed by atoms with van der Waals surface area (Å²) in [5, 5.41) is 0. The minimum atomic E-state index is 0.0970. The van der Waals surface area contributed by atoms with Gasteiger partial charge >= 0.3 is 0 Å². The van der Waals surface area contributed by atoms with Gasteiger partial charge in [0.25, 0.3) is 0 Å². The zero-order valence-electron chi connectivity index (χ0n) is 29.8. The largest absolute Gasteiger partial charge is 0.208 e. The highest BCUT2D eigenvalue weighted by Crippen LogP contribution is 2.66. The number of benzene rings is 6. The van der Waals surface area contributed by atoms with Crippen molar-refractivity contribution in [1.29, 1.82) is 0 Å². The Bertz CT molecular complexity index is 2430. The van der Waals surface area contributed by atoms with Gasteiger partial charge in [-0.1, -0.05) is 127 Å². The first kappa shape index (κ1) is 30.9. The quantitative estimate of drug-likeness (QED) is 0.181. The summed E-state index contributed by atoms with van der Waals surface area (Å²) in [6.07, 6.45) is 8.34. The molecule has 5 unspecified atom stereocenters. The van der Waals surface area contributed by atoms with Gasteiger partial charge in [-0.3, -0.25) is 0 Å². The van der Waals surface area contributed by atoms with E-state index in [9.17, 15) is 0 Å². The summed E-state index contributed by atoms with van der Waals surface area (Å²) in [5.41, 5.74) is 13.9. The summed E-state index contributed by atoms with van der Waals surface area (Å²) in [6.45, 7) is 0. The van der Waals surface area contributed by atoms with Crippen molar-refractivity contribution in [2.24, 2.45) is 23.7 Å². The number of rotatable bonds is 5. The number of hydrogen-bond acceptors (Lipinski definition) is 3. The third-order valence-corrected chi connectivity index (χ3v) is 13.2. The van der Waals surface area contributed by atoms with Crippen LogP contribution < -0.4 is 0 Å². The second-order valence-corrected chi connectivity index (χ2v) is 16.1. The zero-order chi connectivity index (χ0) is 34.9. The molecule has 11 rings (SSSR count). The molecule has 4 aliphatic rings. The van der Waals surface area contributed by atoms with E-state index in [1.807, 2.05) is 36.4 Å². The molecule has 3 fully saturated rings. The van der Waals surface area contributed by atoms with Gasteiger partial charge in [0.15, 0.2) is 17.5 Å². The molecule has 53 heavy (non-hydrogen) atoms. The molecule has 0 saturated heterocycles. The van der Waals surface area contributed by atoms with E-state index in [0.717, 1.165) is 45.9 Å². The predicted molar refractivity (Wildman–Crippen MR) is 215 cm³/mol. The molecule has 3 saturated carbocycles. The summed E-state index contributed by atoms with van der Waals surface area (Å²) in [5.74, 6) is 5.41. The Morgan fingerprint density at radius 2 is 0.943 bits per heavy atom. The molecule has 5 atom stereocenters. The summed E-state index contributed by atoms with van der Waals surface area (Å²) in [6, 6.07) is 55.0. The first-order chi connectivity index (χ1) is 26.2. The number of nitrogens with zero attached hydrogens (tertiary/aromatic N) is 3. The number of aromatic nitrogens is 3. The van der Waals surface area contributed by atoms with Gasteiger partial charge in [-0.15, -0.1) is 0 Å². The number of fused-ring (bicyclic) bond motifs is 8. The topological polar surface area (TPSA) is 38.7 Å². The third kappa shape index (κ3) is 5.05. The third-order valence-electron chi connectivity index (χ3n) is 13.2. The van der Waals surface area contributed by atoms with Crippen LogP contribution in [-0.2, 0) is 5.41 Å². The van der Waals surface area contributed by atoms with Gasteiger partial charge in [0, 0.05) is 22.1 Å². The van der Waals surface area contributed by atoms with Crippen molar-refractivity contribution in [3.8, 4) is 67.5 Å². The molecule has 0 aliphatic heterocycles. The standard InChI is InChI=1S/C50H41N3/c1-4-12-34(13-5-1)38-28-39(30-41(29-38)49-52-47(35-14-6-2-7-15-35)51-48(53-49)36-16-8-3-9-17-36)37-20-21-43-42-18-10-11-19-44(42)50(46(43)31-37)23-22-32-24-33-26-40(25-32)45(50)27-33/h1-21,28-33,40,45H,22-27H2. The Hall–Kier alpha value is -5.67. The maximum absolute atomic E-state index is 5.16. The molecule has 1 aromatic heterocycles. The van der Waals surface area contributed by atoms with Crippen LogP contribution in [0.25, 0.3) is 67.5 Å². The molecule has 3 nitrogen and oxygen atoms in total. The molecule has 3 bridgehead atoms. The lowest BCUT2D eigenvalue weighted by molar-refractivity contribution is 0.250. The fourth-order valence-corrected chi connectivity index (χ4v) is 11.1. The van der Waals surface area contributed by atoms with Crippen molar-refractivity contribution in [2.45, 2.75) is 43.9 Å². The lowest BCUT2D eigenvalue weighted by Crippen LogP contribution is -2.36. The van der Waals surface area contributed by atoms with Crippen LogP contribution >= 0.6 is 0 Å². The second-order valence-electron chi connectivity index (χ2n) is 16.1. The summed E-state index contributed by atoms with van der Waals surface area (Å²) in [7, 11) is 0. The predicted octanol–water partition coefficient (Wildman–Crippen LogP) is 12.3. The Morgan fingerprint density at radius 1 is 0.396 bits per heavy atom. The van der Waals surface area contributed by atoms with Crippen LogP contribution in [0.3, 0.4) is 0 Å². The molecule has 0 amide bonds. The Kier molecular flexibility index (Phi) is 7.12. The molecule has 0 N–H and O–H groups in total. The van der Waals surface area contributed by atoms with Gasteiger partial charge in [-0.2, -0.15) is 0 Å². The Balaban J connectivity index is 1.11. The molecule has 4 aliphatic carbocycles. The minimum Gasteiger partial charge on any atom is -0.208 e. The van der Waals surface area contributed by atoms with Crippen molar-refractivity contribution in [1.82, 2.24) is 15.0 Å². The monoisotopic (exact) mass is 683 g/mol. The maximum Gasteiger partial charge on any atom is 0.164 e. The highest BCUT2D eigenvalue weighted by atomic mass is 15.0. The first-order valence-corrected chi connectivity index (χ1v) is 19.5. The van der Waals surface area contributed by atoms with Crippen molar-refractivity contribution in [2.75, 3.05) is 0 Å². The Morgan fingerprint density at radius 3 is 1.64 bits per heavy atom. The van der Waals surface area contributed by atoms with Gasteiger partial charge in [-0.05, 0) is 131 Å². The van der Waals surface area contributed by atoms with Gasteiger partial charge in [0.05, 0.1) is 0 Å². The van der Waals surface area contributed by atoms with E-state index >= 15 is 0 Å². The smallest absolute Gasteiger partial charge is 0.164 e. The van der Waals surface area contributed by atoms with Crippen LogP contribution in [0, 0.1) is 23.7 Å². The van der Waals surface area contributed by atoms with Crippen LogP contribution in [0.15, 0.2) is 152 Å². The fraction of sp³-hybridized carbons (Fsp3) is 0.220. The normalized spacial score (nSPS) is 23.5. The first-order valence-electron chi connectivity index (χ1n) is 19.5. The summed E-state index contributed by atoms with van der Waals surface area (Å²) >= 11 is 0. The average molecular weight is 684 g/mol. The average Bonchev–Trinajstić information content (AvgIpc) is 3.66. The maximum atomic E-state index is 5.16. The lowest BCUT2D eigenvalue weighted by atomic mass is 9.63. The summed E-state index contributed by atoms with van der Waals surface area (Å²) < 4.78 is 0. The van der Waals surface area contributed by atoms with Gasteiger partial charge in [0.1, 0.15) is 0 Å². The van der Waals surface area contributed by atoms with Crippen molar-refractivity contribution in [3.63, 3.8) is 0 Å². The van der Waals surface area contributed by atoms with E-state index in [1.165, 1.54) is 66.3 Å². The fourth-order valence-electron chi connectivity index (χ4n) is 11.1. The van der Waals surface area contributed by atoms with E-state index in [1.54, 1.807) is 11.1 Å². The van der Waals surface area contributed by atoms with Crippen LogP contribution in [0.5, 0.6) is 0 Å². The molecule has 7 aromatic rings. The molecule has 3 heteroatoms. The SMILES string of the molecule is c1ccc(-c2cc(-c3ccc4c(c3)C3(CCC5CC6CC(C5)C3C6)c3ccccc3-4)cc(-c3nc(-c4ccccc4)nc(-c4ccccc4)n3)c2)cc1. The van der Waals surface area contributed by atoms with Crippen molar-refractivity contribution in [3.05, 3.63) is 163 Å². The molecule has 0 radical (unpaired) electrons. The number of hydrogen-bond donors (Lipinski definition) is 0.